The molecule has 0 radical (unpaired) electrons. The number of hydrogen-bond donors (Lipinski definition) is 2. The van der Waals surface area contributed by atoms with E-state index in [2.05, 4.69) is 20.6 Å². The molecule has 0 aromatic rings. The summed E-state index contributed by atoms with van der Waals surface area (Å²) < 4.78 is 0. The van der Waals surface area contributed by atoms with Gasteiger partial charge in [-0.25, -0.2) is 9.98 Å². The van der Waals surface area contributed by atoms with Crippen molar-refractivity contribution in [1.82, 2.24) is 10.6 Å². The Morgan fingerprint density at radius 2 is 1.33 bits per heavy atom. The summed E-state index contributed by atoms with van der Waals surface area (Å²) in [6.07, 6.45) is 10.7. The van der Waals surface area contributed by atoms with Crippen LogP contribution in [0.1, 0.15) is 0 Å². The van der Waals surface area contributed by atoms with Crippen molar-refractivity contribution < 1.29 is 0 Å². The summed E-state index contributed by atoms with van der Waals surface area (Å²) in [7, 11) is 0. The number of rotatable bonds is 0. The maximum Gasteiger partial charge on any atom is 0.173 e. The van der Waals surface area contributed by atoms with E-state index in [9.17, 15) is 0 Å². The Morgan fingerprint density at radius 3 is 1.67 bits per heavy atom. The SMILES string of the molecule is C1=CN/C(=C2/N=CC=CN2)N=C1. The van der Waals surface area contributed by atoms with Gasteiger partial charge in [-0.05, 0) is 12.2 Å². The molecule has 4 nitrogen and oxygen atoms in total. The van der Waals surface area contributed by atoms with Crippen molar-refractivity contribution in [3.05, 3.63) is 36.2 Å². The molecular formula is C8H8N4. The number of allylic oxidation sites excluding steroid dienone is 2. The number of hydrogen-bond acceptors (Lipinski definition) is 4. The molecule has 2 rings (SSSR count). The molecule has 2 aliphatic rings. The van der Waals surface area contributed by atoms with Crippen molar-refractivity contribution in [3.8, 4) is 0 Å². The molecule has 0 unspecified atom stereocenters. The lowest BCUT2D eigenvalue weighted by molar-refractivity contribution is 0.896. The van der Waals surface area contributed by atoms with E-state index in [4.69, 9.17) is 0 Å². The van der Waals surface area contributed by atoms with Crippen LogP contribution in [0.4, 0.5) is 0 Å². The molecule has 0 aliphatic carbocycles. The van der Waals surface area contributed by atoms with Crippen LogP contribution >= 0.6 is 0 Å². The zero-order chi connectivity index (χ0) is 8.23. The fourth-order valence-electron chi connectivity index (χ4n) is 0.909. The lowest BCUT2D eigenvalue weighted by atomic mass is 10.5. The molecule has 0 fully saturated rings. The van der Waals surface area contributed by atoms with E-state index in [-0.39, 0.29) is 0 Å². The largest absolute Gasteiger partial charge is 0.344 e. The minimum atomic E-state index is 0.734. The molecule has 0 aromatic carbocycles. The third kappa shape index (κ3) is 1.27. The first-order valence-electron chi connectivity index (χ1n) is 3.62. The Morgan fingerprint density at radius 1 is 0.833 bits per heavy atom. The minimum absolute atomic E-state index is 0.734. The average Bonchev–Trinajstić information content (AvgIpc) is 2.21. The van der Waals surface area contributed by atoms with Gasteiger partial charge in [0.05, 0.1) is 0 Å². The molecule has 2 aliphatic heterocycles. The summed E-state index contributed by atoms with van der Waals surface area (Å²) in [5, 5.41) is 5.96. The molecule has 4 heteroatoms. The van der Waals surface area contributed by atoms with E-state index < -0.39 is 0 Å². The third-order valence-corrected chi connectivity index (χ3v) is 1.44. The average molecular weight is 160 g/mol. The van der Waals surface area contributed by atoms with E-state index in [0.717, 1.165) is 11.6 Å². The normalized spacial score (nSPS) is 25.3. The van der Waals surface area contributed by atoms with Gasteiger partial charge in [-0.15, -0.1) is 0 Å². The Hall–Kier alpha value is -1.84. The lowest BCUT2D eigenvalue weighted by Gasteiger charge is -2.10. The van der Waals surface area contributed by atoms with Crippen LogP contribution in [-0.4, -0.2) is 12.4 Å². The van der Waals surface area contributed by atoms with Crippen LogP contribution in [0.15, 0.2) is 46.2 Å². The van der Waals surface area contributed by atoms with Crippen LogP contribution in [0, 0.1) is 0 Å². The van der Waals surface area contributed by atoms with Crippen molar-refractivity contribution in [2.45, 2.75) is 0 Å². The second-order valence-electron chi connectivity index (χ2n) is 2.26. The number of aliphatic imine (C=N–C) groups is 2. The van der Waals surface area contributed by atoms with E-state index in [1.54, 1.807) is 12.4 Å². The minimum Gasteiger partial charge on any atom is -0.344 e. The zero-order valence-electron chi connectivity index (χ0n) is 6.36. The van der Waals surface area contributed by atoms with Crippen molar-refractivity contribution in [1.29, 1.82) is 0 Å². The lowest BCUT2D eigenvalue weighted by Crippen LogP contribution is -2.17. The monoisotopic (exact) mass is 160 g/mol. The Labute approximate surface area is 70.1 Å². The van der Waals surface area contributed by atoms with Crippen molar-refractivity contribution in [2.24, 2.45) is 9.98 Å². The van der Waals surface area contributed by atoms with Crippen molar-refractivity contribution >= 4 is 12.4 Å². The molecule has 2 N–H and O–H groups in total. The van der Waals surface area contributed by atoms with Gasteiger partial charge >= 0.3 is 0 Å². The molecule has 2 heterocycles. The summed E-state index contributed by atoms with van der Waals surface area (Å²) >= 11 is 0. The highest BCUT2D eigenvalue weighted by Gasteiger charge is 2.03. The molecule has 0 amide bonds. The summed E-state index contributed by atoms with van der Waals surface area (Å²) in [6.45, 7) is 0. The van der Waals surface area contributed by atoms with Crippen LogP contribution in [-0.2, 0) is 0 Å². The van der Waals surface area contributed by atoms with Crippen molar-refractivity contribution in [2.75, 3.05) is 0 Å². The predicted molar refractivity (Wildman–Crippen MR) is 48.6 cm³/mol. The van der Waals surface area contributed by atoms with Gasteiger partial charge in [0.2, 0.25) is 0 Å². The van der Waals surface area contributed by atoms with Gasteiger partial charge < -0.3 is 10.6 Å². The Balaban J connectivity index is 2.25. The highest BCUT2D eigenvalue weighted by atomic mass is 15.1. The molecule has 0 atom stereocenters. The molecule has 0 spiro atoms. The van der Waals surface area contributed by atoms with Crippen LogP contribution < -0.4 is 10.6 Å². The van der Waals surface area contributed by atoms with Gasteiger partial charge in [0.1, 0.15) is 0 Å². The van der Waals surface area contributed by atoms with Crippen LogP contribution in [0.25, 0.3) is 0 Å². The van der Waals surface area contributed by atoms with Crippen LogP contribution in [0.3, 0.4) is 0 Å². The molecule has 0 aromatic heterocycles. The maximum atomic E-state index is 4.10. The zero-order valence-corrected chi connectivity index (χ0v) is 6.36. The van der Waals surface area contributed by atoms with Crippen LogP contribution in [0.2, 0.25) is 0 Å². The van der Waals surface area contributed by atoms with Gasteiger partial charge in [-0.1, -0.05) is 0 Å². The molecule has 0 bridgehead atoms. The second kappa shape index (κ2) is 3.04. The van der Waals surface area contributed by atoms with E-state index in [1.807, 2.05) is 24.6 Å². The van der Waals surface area contributed by atoms with Gasteiger partial charge in [0, 0.05) is 24.8 Å². The summed E-state index contributed by atoms with van der Waals surface area (Å²) in [5.41, 5.74) is 0. The fraction of sp³-hybridized carbons (Fsp3) is 0. The Bertz CT molecular complexity index is 288. The van der Waals surface area contributed by atoms with E-state index >= 15 is 0 Å². The summed E-state index contributed by atoms with van der Waals surface area (Å²) in [6, 6.07) is 0. The van der Waals surface area contributed by atoms with Gasteiger partial charge in [0.15, 0.2) is 11.6 Å². The van der Waals surface area contributed by atoms with Gasteiger partial charge in [-0.3, -0.25) is 0 Å². The fourth-order valence-corrected chi connectivity index (χ4v) is 0.909. The quantitative estimate of drug-likeness (QED) is 0.541. The van der Waals surface area contributed by atoms with Gasteiger partial charge in [-0.2, -0.15) is 0 Å². The Kier molecular flexibility index (Phi) is 1.74. The van der Waals surface area contributed by atoms with Crippen LogP contribution in [0.5, 0.6) is 0 Å². The maximum absolute atomic E-state index is 4.10. The van der Waals surface area contributed by atoms with Gasteiger partial charge in [0.25, 0.3) is 0 Å². The first kappa shape index (κ1) is 6.84. The predicted octanol–water partition coefficient (Wildman–Crippen LogP) is 0.488. The molecule has 0 saturated heterocycles. The summed E-state index contributed by atoms with van der Waals surface area (Å²) in [4.78, 5) is 8.20. The standard InChI is InChI=1S/C8H8N4/c1-3-9-7(10-4-1)8-11-5-2-6-12-8/h1-6,9,11H/b8-7-. The molecular weight excluding hydrogens is 152 g/mol. The van der Waals surface area contributed by atoms with E-state index in [0.29, 0.717) is 0 Å². The first-order chi connectivity index (χ1) is 5.97. The highest BCUT2D eigenvalue weighted by Crippen LogP contribution is 2.05. The molecule has 12 heavy (non-hydrogen) atoms. The number of nitrogens with zero attached hydrogens (tertiary/aromatic N) is 2. The summed E-state index contributed by atoms with van der Waals surface area (Å²) in [5.74, 6) is 1.47. The highest BCUT2D eigenvalue weighted by molar-refractivity contribution is 5.75. The first-order valence-corrected chi connectivity index (χ1v) is 3.62. The molecule has 60 valence electrons. The topological polar surface area (TPSA) is 48.8 Å². The third-order valence-electron chi connectivity index (χ3n) is 1.44. The number of nitrogens with one attached hydrogen (secondary N) is 2. The molecule has 0 saturated carbocycles. The van der Waals surface area contributed by atoms with E-state index in [1.165, 1.54) is 0 Å². The second-order valence-corrected chi connectivity index (χ2v) is 2.26. The smallest absolute Gasteiger partial charge is 0.173 e. The van der Waals surface area contributed by atoms with Crippen molar-refractivity contribution in [3.63, 3.8) is 0 Å².